The average molecular weight is 1270 g/mol. The number of anilines is 6. The van der Waals surface area contributed by atoms with Crippen molar-refractivity contribution in [2.24, 2.45) is 0 Å². The monoisotopic (exact) mass is 1270 g/mol. The fourth-order valence-electron chi connectivity index (χ4n) is 9.37. The normalized spacial score (nSPS) is 16.8. The summed E-state index contributed by atoms with van der Waals surface area (Å²) in [7, 11) is 0. The molecule has 4 saturated heterocycles. The average Bonchev–Trinajstić information content (AvgIpc) is 1.68. The van der Waals surface area contributed by atoms with Crippen molar-refractivity contribution in [1.82, 2.24) is 20.0 Å². The highest BCUT2D eigenvalue weighted by Crippen LogP contribution is 2.41. The second kappa shape index (κ2) is 27.1. The van der Waals surface area contributed by atoms with Crippen LogP contribution in [0.1, 0.15) is 80.4 Å². The minimum absolute atomic E-state index is 0.118. The molecule has 0 saturated carbocycles. The van der Waals surface area contributed by atoms with Gasteiger partial charge in [-0.1, -0.05) is 51.3 Å². The third kappa shape index (κ3) is 15.9. The van der Waals surface area contributed by atoms with E-state index in [-0.39, 0.29) is 51.5 Å². The van der Waals surface area contributed by atoms with Gasteiger partial charge in [0.2, 0.25) is 11.8 Å². The van der Waals surface area contributed by atoms with Crippen molar-refractivity contribution in [3.63, 3.8) is 0 Å². The maximum atomic E-state index is 13.5. The van der Waals surface area contributed by atoms with Gasteiger partial charge in [-0.05, 0) is 155 Å². The van der Waals surface area contributed by atoms with E-state index in [1.54, 1.807) is 118 Å². The predicted molar refractivity (Wildman–Crippen MR) is 333 cm³/mol. The van der Waals surface area contributed by atoms with Crippen molar-refractivity contribution >= 4 is 133 Å². The van der Waals surface area contributed by atoms with Gasteiger partial charge < -0.3 is 35.2 Å². The number of aryl methyl sites for hydroxylation is 2. The first-order chi connectivity index (χ1) is 39.7. The third-order valence-electron chi connectivity index (χ3n) is 13.7. The molecule has 4 aliphatic heterocycles. The van der Waals surface area contributed by atoms with E-state index in [0.29, 0.717) is 82.8 Å². The molecule has 10 amide bonds. The summed E-state index contributed by atoms with van der Waals surface area (Å²) in [4.78, 5) is 119. The molecule has 0 spiro atoms. The lowest BCUT2D eigenvalue weighted by Gasteiger charge is -2.35. The fourth-order valence-corrected chi connectivity index (χ4v) is 9.96. The van der Waals surface area contributed by atoms with Gasteiger partial charge in [0.05, 0.1) is 57.8 Å². The molecule has 0 atom stereocenters. The van der Waals surface area contributed by atoms with Crippen LogP contribution in [0.2, 0.25) is 10.0 Å². The van der Waals surface area contributed by atoms with Gasteiger partial charge in [0, 0.05) is 63.7 Å². The number of alkyl halides is 1. The van der Waals surface area contributed by atoms with Gasteiger partial charge in [-0.25, -0.2) is 38.7 Å². The number of nitrogens with zero attached hydrogens (tertiary/aromatic N) is 9. The lowest BCUT2D eigenvalue weighted by atomic mass is 10.0. The molecule has 0 aliphatic carbocycles. The molecule has 4 heterocycles. The highest BCUT2D eigenvalue weighted by molar-refractivity contribution is 9.09. The fraction of sp³-hybridized carbons (Fsp3) is 0.433. The molecule has 0 unspecified atom stereocenters. The van der Waals surface area contributed by atoms with Gasteiger partial charge in [-0.3, -0.25) is 33.9 Å². The zero-order chi connectivity index (χ0) is 63.1. The van der Waals surface area contributed by atoms with Gasteiger partial charge in [0.25, 0.3) is 11.8 Å². The van der Waals surface area contributed by atoms with Crippen LogP contribution in [0.15, 0.2) is 72.8 Å². The zero-order valence-electron chi connectivity index (χ0n) is 49.7. The van der Waals surface area contributed by atoms with E-state index in [1.807, 2.05) is 46.4 Å². The highest BCUT2D eigenvalue weighted by Gasteiger charge is 2.54. The van der Waals surface area contributed by atoms with E-state index >= 15 is 0 Å². The van der Waals surface area contributed by atoms with Crippen LogP contribution in [-0.2, 0) is 28.7 Å². The molecular weight excluding hydrogens is 1200 g/mol. The van der Waals surface area contributed by atoms with Crippen LogP contribution in [0, 0.1) is 27.0 Å². The second-order valence-corrected chi connectivity index (χ2v) is 24.7. The Bertz CT molecular complexity index is 3350. The largest absolute Gasteiger partial charge is 0.444 e. The minimum atomic E-state index is -1.21. The number of carbonyl (C=O) groups excluding carboxylic acids is 8. The standard InChI is InChI=1S/C30H35ClN6O5.C21H18BrClN4O3.C9H18N2O2/c1-19-16-20(8-10-23(19)32-7)36-26(39)30(5,6)37(27(36)40)21-9-11-24(22(31)17-21)33-25(38)18-34-12-14-35(15-13-34)28(41)42-29(2,3)4;1-12-9-13(5-7-16(12)24-4)26-19(29)21(2,3)27(20(26)30)14-6-8-17(15(23)10-14)25-18(28)11-22;1-9(2,3)13-8(12)11-6-4-10-5-7-11/h8-11,16-17H,12-15,18H2,1-6H3,(H,33,38);5-10H,11H2,1-3H3,(H,25,28);10H,4-7H2,1-3H3. The summed E-state index contributed by atoms with van der Waals surface area (Å²) in [6.45, 7) is 40.9. The molecular formula is C60H71BrCl2N12O10. The molecule has 452 valence electrons. The van der Waals surface area contributed by atoms with E-state index < -0.39 is 40.6 Å². The number of hydrogen-bond acceptors (Lipinski definition) is 12. The topological polar surface area (TPSA) is 223 Å². The summed E-state index contributed by atoms with van der Waals surface area (Å²) >= 11 is 15.9. The molecule has 22 nitrogen and oxygen atoms in total. The first-order valence-electron chi connectivity index (χ1n) is 27.2. The van der Waals surface area contributed by atoms with E-state index in [2.05, 4.69) is 41.6 Å². The van der Waals surface area contributed by atoms with Crippen LogP contribution in [0.25, 0.3) is 9.69 Å². The van der Waals surface area contributed by atoms with Gasteiger partial charge in [-0.2, -0.15) is 0 Å². The van der Waals surface area contributed by atoms with Crippen LogP contribution in [0.4, 0.5) is 64.7 Å². The number of benzene rings is 4. The lowest BCUT2D eigenvalue weighted by molar-refractivity contribution is -0.121. The molecule has 0 aromatic heterocycles. The molecule has 8 rings (SSSR count). The third-order valence-corrected chi connectivity index (χ3v) is 14.8. The van der Waals surface area contributed by atoms with Gasteiger partial charge in [-0.15, -0.1) is 0 Å². The van der Waals surface area contributed by atoms with E-state index in [4.69, 9.17) is 45.8 Å². The maximum Gasteiger partial charge on any atom is 0.410 e. The molecule has 85 heavy (non-hydrogen) atoms. The number of nitrogens with one attached hydrogen (secondary N) is 3. The summed E-state index contributed by atoms with van der Waals surface area (Å²) < 4.78 is 10.7. The second-order valence-electron chi connectivity index (χ2n) is 23.3. The summed E-state index contributed by atoms with van der Waals surface area (Å²) in [5.74, 6) is -1.34. The number of imide groups is 2. The summed E-state index contributed by atoms with van der Waals surface area (Å²) in [5.41, 5.74) is 1.30. The van der Waals surface area contributed by atoms with Crippen LogP contribution in [0.3, 0.4) is 0 Å². The Morgan fingerprint density at radius 2 is 0.965 bits per heavy atom. The van der Waals surface area contributed by atoms with E-state index in [0.717, 1.165) is 36.0 Å². The summed E-state index contributed by atoms with van der Waals surface area (Å²) in [6, 6.07) is 18.1. The quantitative estimate of drug-likeness (QED) is 0.0809. The van der Waals surface area contributed by atoms with Crippen LogP contribution < -0.4 is 35.6 Å². The number of ether oxygens (including phenoxy) is 2. The van der Waals surface area contributed by atoms with E-state index in [1.165, 1.54) is 15.9 Å². The maximum absolute atomic E-state index is 13.5. The molecule has 0 radical (unpaired) electrons. The van der Waals surface area contributed by atoms with Gasteiger partial charge >= 0.3 is 24.2 Å². The number of halogens is 3. The Kier molecular flexibility index (Phi) is 21.1. The lowest BCUT2D eigenvalue weighted by Crippen LogP contribution is -2.51. The molecule has 4 aliphatic rings. The van der Waals surface area contributed by atoms with Crippen molar-refractivity contribution in [1.29, 1.82) is 0 Å². The molecule has 3 N–H and O–H groups in total. The van der Waals surface area contributed by atoms with Gasteiger partial charge in [0.15, 0.2) is 11.4 Å². The minimum Gasteiger partial charge on any atom is -0.444 e. The van der Waals surface area contributed by atoms with Crippen LogP contribution in [0.5, 0.6) is 0 Å². The number of amides is 10. The molecule has 4 aromatic rings. The molecule has 0 bridgehead atoms. The number of rotatable bonds is 9. The number of hydrogen-bond donors (Lipinski definition) is 3. The summed E-state index contributed by atoms with van der Waals surface area (Å²) in [5, 5.41) is 9.22. The van der Waals surface area contributed by atoms with Crippen LogP contribution in [-0.4, -0.2) is 149 Å². The Morgan fingerprint density at radius 3 is 1.32 bits per heavy atom. The van der Waals surface area contributed by atoms with Crippen LogP contribution >= 0.6 is 39.1 Å². The SMILES string of the molecule is CC(C)(C)OC(=O)N1CCNCC1.[C-]#[N+]c1ccc(N2C(=O)N(c3ccc(NC(=O)CBr)c(Cl)c3)C(C)(C)C2=O)cc1C.[C-]#[N+]c1ccc(N2C(=O)N(c3ccc(NC(=O)CN4CCN(C(=O)OC(C)(C)C)CC4)c(Cl)c3)C(C)(C)C2=O)cc1C. The van der Waals surface area contributed by atoms with Crippen molar-refractivity contribution in [3.8, 4) is 0 Å². The predicted octanol–water partition coefficient (Wildman–Crippen LogP) is 11.6. The molecule has 25 heteroatoms. The smallest absolute Gasteiger partial charge is 0.410 e. The van der Waals surface area contributed by atoms with Crippen molar-refractivity contribution in [2.45, 2.75) is 105 Å². The Balaban J connectivity index is 0.000000233. The molecule has 4 aromatic carbocycles. The molecule has 4 fully saturated rings. The highest BCUT2D eigenvalue weighted by atomic mass is 79.9. The number of urea groups is 2. The van der Waals surface area contributed by atoms with Crippen molar-refractivity contribution in [2.75, 3.05) is 94.5 Å². The summed E-state index contributed by atoms with van der Waals surface area (Å²) in [6.07, 6.45) is -0.565. The zero-order valence-corrected chi connectivity index (χ0v) is 52.8. The van der Waals surface area contributed by atoms with Crippen molar-refractivity contribution in [3.05, 3.63) is 117 Å². The van der Waals surface area contributed by atoms with E-state index in [9.17, 15) is 38.4 Å². The van der Waals surface area contributed by atoms with Gasteiger partial charge in [0.1, 0.15) is 22.3 Å². The first kappa shape index (κ1) is 66.3. The first-order valence-corrected chi connectivity index (χ1v) is 29.1. The Hall–Kier alpha value is -7.80. The Labute approximate surface area is 514 Å². The van der Waals surface area contributed by atoms with Crippen molar-refractivity contribution < 1.29 is 47.8 Å². The number of carbonyl (C=O) groups is 8. The Morgan fingerprint density at radius 1 is 0.588 bits per heavy atom. The number of piperazine rings is 2.